The summed E-state index contributed by atoms with van der Waals surface area (Å²) in [5.74, 6) is 2.31. The number of ketones is 1. The van der Waals surface area contributed by atoms with Gasteiger partial charge in [0.2, 0.25) is 0 Å². The van der Waals surface area contributed by atoms with E-state index in [1.54, 1.807) is 11.3 Å². The Morgan fingerprint density at radius 2 is 2.09 bits per heavy atom. The van der Waals surface area contributed by atoms with Crippen LogP contribution in [0.15, 0.2) is 41.8 Å². The first-order valence-corrected chi connectivity index (χ1v) is 9.49. The van der Waals surface area contributed by atoms with Crippen molar-refractivity contribution >= 4 is 41.0 Å². The molecule has 2 nitrogen and oxygen atoms in total. The van der Waals surface area contributed by atoms with Gasteiger partial charge in [-0.1, -0.05) is 36.4 Å². The molecule has 0 amide bonds. The Balaban J connectivity index is 1.58. The molecule has 1 aliphatic heterocycles. The van der Waals surface area contributed by atoms with Crippen molar-refractivity contribution in [2.24, 2.45) is 0 Å². The maximum Gasteiger partial charge on any atom is 0.154 e. The Morgan fingerprint density at radius 3 is 2.77 bits per heavy atom. The lowest BCUT2D eigenvalue weighted by atomic mass is 10.0. The lowest BCUT2D eigenvalue weighted by Crippen LogP contribution is -2.44. The molecule has 0 bridgehead atoms. The highest BCUT2D eigenvalue weighted by atomic mass is 32.2. The molecule has 1 N–H and O–H groups in total. The van der Waals surface area contributed by atoms with E-state index in [0.29, 0.717) is 12.2 Å². The third-order valence-electron chi connectivity index (χ3n) is 3.65. The molecular formula is C18H19NOS2. The third kappa shape index (κ3) is 4.32. The molecule has 1 atom stereocenters. The Kier molecular flexibility index (Phi) is 5.48. The van der Waals surface area contributed by atoms with E-state index < -0.39 is 0 Å². The van der Waals surface area contributed by atoms with Gasteiger partial charge in [0.05, 0.1) is 6.04 Å². The molecule has 0 spiro atoms. The van der Waals surface area contributed by atoms with Gasteiger partial charge in [0, 0.05) is 29.3 Å². The van der Waals surface area contributed by atoms with E-state index in [0.717, 1.165) is 29.2 Å². The molecule has 0 radical (unpaired) electrons. The molecule has 1 aromatic carbocycles. The second-order valence-electron chi connectivity index (χ2n) is 5.32. The number of carbonyl (C=O) groups excluding carboxylic acids is 1. The molecule has 0 saturated carbocycles. The third-order valence-corrected chi connectivity index (χ3v) is 5.55. The zero-order chi connectivity index (χ0) is 15.2. The molecule has 0 aliphatic carbocycles. The molecule has 4 heteroatoms. The lowest BCUT2D eigenvalue weighted by Gasteiger charge is -2.21. The highest BCUT2D eigenvalue weighted by Crippen LogP contribution is 2.15. The monoisotopic (exact) mass is 329 g/mol. The van der Waals surface area contributed by atoms with E-state index >= 15 is 0 Å². The van der Waals surface area contributed by atoms with E-state index in [9.17, 15) is 4.79 Å². The Morgan fingerprint density at radius 1 is 1.23 bits per heavy atom. The van der Waals surface area contributed by atoms with Crippen LogP contribution in [0.2, 0.25) is 0 Å². The van der Waals surface area contributed by atoms with Crippen molar-refractivity contribution in [2.45, 2.75) is 12.5 Å². The molecule has 1 unspecified atom stereocenters. The van der Waals surface area contributed by atoms with Crippen molar-refractivity contribution in [1.29, 1.82) is 0 Å². The van der Waals surface area contributed by atoms with Gasteiger partial charge < -0.3 is 5.32 Å². The Hall–Kier alpha value is -1.36. The quantitative estimate of drug-likeness (QED) is 0.906. The largest absolute Gasteiger partial charge is 0.306 e. The van der Waals surface area contributed by atoms with Crippen LogP contribution in [0, 0.1) is 0 Å². The molecule has 114 valence electrons. The van der Waals surface area contributed by atoms with Crippen molar-refractivity contribution < 1.29 is 4.79 Å². The molecule has 2 heterocycles. The first-order valence-electron chi connectivity index (χ1n) is 7.45. The maximum atomic E-state index is 12.2. The molecule has 2 aromatic rings. The number of Topliss-reactive ketones (excluding diaryl/α,β-unsaturated/α-hetero) is 1. The highest BCUT2D eigenvalue weighted by Gasteiger charge is 2.20. The number of benzene rings is 1. The predicted molar refractivity (Wildman–Crippen MR) is 97.5 cm³/mol. The van der Waals surface area contributed by atoms with Crippen LogP contribution in [-0.2, 0) is 11.2 Å². The fourth-order valence-electron chi connectivity index (χ4n) is 2.41. The van der Waals surface area contributed by atoms with E-state index in [2.05, 4.69) is 59.2 Å². The molecular weight excluding hydrogens is 310 g/mol. The standard InChI is InChI=1S/C18H19NOS2/c20-18(17-13-21-11-9-19-17)12-15-5-3-14(4-6-15)7-8-16-2-1-10-22-16/h1-8,10,17,19H,9,11-13H2/b8-7+. The summed E-state index contributed by atoms with van der Waals surface area (Å²) < 4.78 is 0. The van der Waals surface area contributed by atoms with E-state index in [1.807, 2.05) is 11.8 Å². The maximum absolute atomic E-state index is 12.2. The van der Waals surface area contributed by atoms with Gasteiger partial charge in [0.15, 0.2) is 5.78 Å². The zero-order valence-corrected chi connectivity index (χ0v) is 14.0. The number of thiophene rings is 1. The van der Waals surface area contributed by atoms with Crippen LogP contribution in [-0.4, -0.2) is 29.9 Å². The zero-order valence-electron chi connectivity index (χ0n) is 12.3. The summed E-state index contributed by atoms with van der Waals surface area (Å²) in [6, 6.07) is 12.5. The fourth-order valence-corrected chi connectivity index (χ4v) is 3.99. The summed E-state index contributed by atoms with van der Waals surface area (Å²) >= 11 is 3.59. The van der Waals surface area contributed by atoms with E-state index in [-0.39, 0.29) is 6.04 Å². The van der Waals surface area contributed by atoms with Gasteiger partial charge in [-0.05, 0) is 28.6 Å². The smallest absolute Gasteiger partial charge is 0.154 e. The van der Waals surface area contributed by atoms with Crippen molar-refractivity contribution in [3.63, 3.8) is 0 Å². The van der Waals surface area contributed by atoms with Crippen LogP contribution >= 0.6 is 23.1 Å². The van der Waals surface area contributed by atoms with Crippen LogP contribution in [0.4, 0.5) is 0 Å². The number of hydrogen-bond donors (Lipinski definition) is 1. The minimum absolute atomic E-state index is 0.0251. The summed E-state index contributed by atoms with van der Waals surface area (Å²) in [4.78, 5) is 13.5. The van der Waals surface area contributed by atoms with Crippen molar-refractivity contribution in [3.05, 3.63) is 57.8 Å². The van der Waals surface area contributed by atoms with Crippen molar-refractivity contribution in [3.8, 4) is 0 Å². The van der Waals surface area contributed by atoms with Gasteiger partial charge in [-0.2, -0.15) is 11.8 Å². The topological polar surface area (TPSA) is 29.1 Å². The summed E-state index contributed by atoms with van der Waals surface area (Å²) in [6.45, 7) is 0.938. The van der Waals surface area contributed by atoms with Gasteiger partial charge in [-0.15, -0.1) is 11.3 Å². The number of carbonyl (C=O) groups is 1. The lowest BCUT2D eigenvalue weighted by molar-refractivity contribution is -0.119. The first-order chi connectivity index (χ1) is 10.8. The normalized spacial score (nSPS) is 18.6. The van der Waals surface area contributed by atoms with Gasteiger partial charge in [-0.3, -0.25) is 4.79 Å². The average Bonchev–Trinajstić information content (AvgIpc) is 3.08. The Bertz CT molecular complexity index is 626. The fraction of sp³-hybridized carbons (Fsp3) is 0.278. The Labute approximate surface area is 139 Å². The molecule has 1 saturated heterocycles. The van der Waals surface area contributed by atoms with Crippen molar-refractivity contribution in [1.82, 2.24) is 5.32 Å². The van der Waals surface area contributed by atoms with Crippen LogP contribution in [0.25, 0.3) is 12.2 Å². The van der Waals surface area contributed by atoms with Crippen LogP contribution in [0.1, 0.15) is 16.0 Å². The minimum Gasteiger partial charge on any atom is -0.306 e. The summed E-state index contributed by atoms with van der Waals surface area (Å²) in [6.07, 6.45) is 4.75. The van der Waals surface area contributed by atoms with E-state index in [4.69, 9.17) is 0 Å². The van der Waals surface area contributed by atoms with Gasteiger partial charge in [0.1, 0.15) is 0 Å². The molecule has 1 aromatic heterocycles. The van der Waals surface area contributed by atoms with Gasteiger partial charge >= 0.3 is 0 Å². The first kappa shape index (κ1) is 15.5. The minimum atomic E-state index is 0.0251. The number of nitrogens with one attached hydrogen (secondary N) is 1. The second-order valence-corrected chi connectivity index (χ2v) is 7.44. The average molecular weight is 329 g/mol. The van der Waals surface area contributed by atoms with Crippen LogP contribution in [0.5, 0.6) is 0 Å². The SMILES string of the molecule is O=C(Cc1ccc(/C=C/c2cccs2)cc1)C1CSCCN1. The van der Waals surface area contributed by atoms with Crippen molar-refractivity contribution in [2.75, 3.05) is 18.1 Å². The highest BCUT2D eigenvalue weighted by molar-refractivity contribution is 7.99. The number of rotatable bonds is 5. The molecule has 3 rings (SSSR count). The van der Waals surface area contributed by atoms with Gasteiger partial charge in [-0.25, -0.2) is 0 Å². The predicted octanol–water partition coefficient (Wildman–Crippen LogP) is 3.74. The molecule has 1 aliphatic rings. The van der Waals surface area contributed by atoms with Crippen LogP contribution < -0.4 is 5.32 Å². The molecule has 22 heavy (non-hydrogen) atoms. The second kappa shape index (κ2) is 7.77. The summed E-state index contributed by atoms with van der Waals surface area (Å²) in [5, 5.41) is 5.38. The molecule has 1 fully saturated rings. The van der Waals surface area contributed by atoms with E-state index in [1.165, 1.54) is 4.88 Å². The number of thioether (sulfide) groups is 1. The number of hydrogen-bond acceptors (Lipinski definition) is 4. The van der Waals surface area contributed by atoms with Crippen LogP contribution in [0.3, 0.4) is 0 Å². The summed E-state index contributed by atoms with van der Waals surface area (Å²) in [7, 11) is 0. The van der Waals surface area contributed by atoms with Gasteiger partial charge in [0.25, 0.3) is 0 Å². The summed E-state index contributed by atoms with van der Waals surface area (Å²) in [5.41, 5.74) is 2.26.